The summed E-state index contributed by atoms with van der Waals surface area (Å²) in [4.78, 5) is 11.7. The van der Waals surface area contributed by atoms with Gasteiger partial charge in [0.2, 0.25) is 5.91 Å². The van der Waals surface area contributed by atoms with Crippen molar-refractivity contribution in [1.82, 2.24) is 5.43 Å². The number of nitrogens with zero attached hydrogens (tertiary/aromatic N) is 1. The zero-order valence-electron chi connectivity index (χ0n) is 11.1. The summed E-state index contributed by atoms with van der Waals surface area (Å²) < 4.78 is 1.01. The molecular formula is C16H15BrN2O. The van der Waals surface area contributed by atoms with Crippen LogP contribution in [0.1, 0.15) is 16.7 Å². The maximum absolute atomic E-state index is 11.7. The van der Waals surface area contributed by atoms with Crippen molar-refractivity contribution in [2.75, 3.05) is 0 Å². The molecule has 0 saturated carbocycles. The molecule has 0 unspecified atom stereocenters. The summed E-state index contributed by atoms with van der Waals surface area (Å²) in [6, 6.07) is 15.6. The van der Waals surface area contributed by atoms with Gasteiger partial charge in [0, 0.05) is 4.47 Å². The summed E-state index contributed by atoms with van der Waals surface area (Å²) in [7, 11) is 0. The van der Waals surface area contributed by atoms with E-state index in [0.717, 1.165) is 15.6 Å². The van der Waals surface area contributed by atoms with Gasteiger partial charge >= 0.3 is 0 Å². The second kappa shape index (κ2) is 7.01. The second-order valence-corrected chi connectivity index (χ2v) is 5.42. The van der Waals surface area contributed by atoms with Gasteiger partial charge in [0.1, 0.15) is 0 Å². The molecule has 0 radical (unpaired) electrons. The molecule has 0 aliphatic carbocycles. The zero-order valence-corrected chi connectivity index (χ0v) is 12.7. The highest BCUT2D eigenvalue weighted by atomic mass is 79.9. The van der Waals surface area contributed by atoms with Crippen LogP contribution in [0.3, 0.4) is 0 Å². The first-order chi connectivity index (χ1) is 9.63. The van der Waals surface area contributed by atoms with Gasteiger partial charge < -0.3 is 0 Å². The molecule has 0 bridgehead atoms. The number of rotatable bonds is 4. The van der Waals surface area contributed by atoms with E-state index in [1.807, 2.05) is 55.5 Å². The number of carbonyl (C=O) groups excluding carboxylic acids is 1. The van der Waals surface area contributed by atoms with Crippen molar-refractivity contribution >= 4 is 28.1 Å². The minimum Gasteiger partial charge on any atom is -0.273 e. The molecule has 0 spiro atoms. The van der Waals surface area contributed by atoms with E-state index >= 15 is 0 Å². The first kappa shape index (κ1) is 14.5. The Morgan fingerprint density at radius 1 is 1.15 bits per heavy atom. The Kier molecular flexibility index (Phi) is 5.07. The van der Waals surface area contributed by atoms with Crippen molar-refractivity contribution < 1.29 is 4.79 Å². The molecule has 1 amide bonds. The molecule has 0 aromatic heterocycles. The fraction of sp³-hybridized carbons (Fsp3) is 0.125. The van der Waals surface area contributed by atoms with E-state index in [1.54, 1.807) is 6.21 Å². The lowest BCUT2D eigenvalue weighted by atomic mass is 10.1. The van der Waals surface area contributed by atoms with Gasteiger partial charge in [-0.1, -0.05) is 57.9 Å². The van der Waals surface area contributed by atoms with E-state index in [4.69, 9.17) is 0 Å². The highest BCUT2D eigenvalue weighted by molar-refractivity contribution is 9.10. The maximum Gasteiger partial charge on any atom is 0.244 e. The topological polar surface area (TPSA) is 41.5 Å². The third-order valence-electron chi connectivity index (χ3n) is 2.76. The Morgan fingerprint density at radius 2 is 1.80 bits per heavy atom. The normalized spacial score (nSPS) is 10.7. The van der Waals surface area contributed by atoms with Gasteiger partial charge in [0.15, 0.2) is 0 Å². The molecule has 2 aromatic carbocycles. The van der Waals surface area contributed by atoms with E-state index in [-0.39, 0.29) is 5.91 Å². The van der Waals surface area contributed by atoms with Crippen molar-refractivity contribution in [2.24, 2.45) is 5.10 Å². The van der Waals surface area contributed by atoms with Gasteiger partial charge in [0.05, 0.1) is 12.6 Å². The SMILES string of the molecule is Cc1ccc(CC(=O)N/N=C\c2ccc(Br)cc2)cc1. The Bertz CT molecular complexity index is 603. The van der Waals surface area contributed by atoms with Crippen LogP contribution in [0.4, 0.5) is 0 Å². The highest BCUT2D eigenvalue weighted by Gasteiger charge is 2.01. The standard InChI is InChI=1S/C16H15BrN2O/c1-12-2-4-13(5-3-12)10-16(20)19-18-11-14-6-8-15(17)9-7-14/h2-9,11H,10H2,1H3,(H,19,20)/b18-11-. The van der Waals surface area contributed by atoms with E-state index in [0.29, 0.717) is 6.42 Å². The van der Waals surface area contributed by atoms with Crippen molar-refractivity contribution in [1.29, 1.82) is 0 Å². The van der Waals surface area contributed by atoms with Crippen LogP contribution in [0.25, 0.3) is 0 Å². The number of aryl methyl sites for hydroxylation is 1. The summed E-state index contributed by atoms with van der Waals surface area (Å²) in [5.74, 6) is -0.123. The van der Waals surface area contributed by atoms with Crippen molar-refractivity contribution in [3.05, 3.63) is 69.7 Å². The summed E-state index contributed by atoms with van der Waals surface area (Å²) in [5, 5.41) is 3.95. The summed E-state index contributed by atoms with van der Waals surface area (Å²) >= 11 is 3.36. The van der Waals surface area contributed by atoms with Gasteiger partial charge in [-0.3, -0.25) is 4.79 Å². The molecular weight excluding hydrogens is 316 g/mol. The van der Waals surface area contributed by atoms with Crippen LogP contribution < -0.4 is 5.43 Å². The lowest BCUT2D eigenvalue weighted by Gasteiger charge is -2.01. The molecule has 102 valence electrons. The number of amides is 1. The quantitative estimate of drug-likeness (QED) is 0.677. The molecule has 0 heterocycles. The van der Waals surface area contributed by atoms with Crippen LogP contribution in [-0.2, 0) is 11.2 Å². The molecule has 4 heteroatoms. The molecule has 0 aliphatic rings. The van der Waals surface area contributed by atoms with Crippen LogP contribution in [0.15, 0.2) is 58.1 Å². The molecule has 3 nitrogen and oxygen atoms in total. The molecule has 2 rings (SSSR count). The number of hydrogen-bond acceptors (Lipinski definition) is 2. The van der Waals surface area contributed by atoms with Crippen LogP contribution in [0.5, 0.6) is 0 Å². The molecule has 0 fully saturated rings. The fourth-order valence-corrected chi connectivity index (χ4v) is 1.92. The largest absolute Gasteiger partial charge is 0.273 e. The third-order valence-corrected chi connectivity index (χ3v) is 3.29. The smallest absolute Gasteiger partial charge is 0.244 e. The van der Waals surface area contributed by atoms with Crippen LogP contribution in [-0.4, -0.2) is 12.1 Å². The average molecular weight is 331 g/mol. The van der Waals surface area contributed by atoms with E-state index in [2.05, 4.69) is 26.5 Å². The van der Waals surface area contributed by atoms with Gasteiger partial charge in [-0.05, 0) is 30.2 Å². The van der Waals surface area contributed by atoms with E-state index in [1.165, 1.54) is 5.56 Å². The molecule has 2 aromatic rings. The van der Waals surface area contributed by atoms with Crippen molar-refractivity contribution in [2.45, 2.75) is 13.3 Å². The average Bonchev–Trinajstić information content (AvgIpc) is 2.44. The monoisotopic (exact) mass is 330 g/mol. The number of carbonyl (C=O) groups is 1. The lowest BCUT2D eigenvalue weighted by Crippen LogP contribution is -2.19. The van der Waals surface area contributed by atoms with Crippen molar-refractivity contribution in [3.8, 4) is 0 Å². The summed E-state index contributed by atoms with van der Waals surface area (Å²) in [6.07, 6.45) is 1.96. The Balaban J connectivity index is 1.85. The van der Waals surface area contributed by atoms with E-state index < -0.39 is 0 Å². The van der Waals surface area contributed by atoms with Gasteiger partial charge in [-0.25, -0.2) is 5.43 Å². The number of hydrazone groups is 1. The van der Waals surface area contributed by atoms with Gasteiger partial charge in [-0.15, -0.1) is 0 Å². The van der Waals surface area contributed by atoms with Crippen LogP contribution in [0.2, 0.25) is 0 Å². The predicted molar refractivity (Wildman–Crippen MR) is 84.8 cm³/mol. The van der Waals surface area contributed by atoms with Crippen LogP contribution in [0, 0.1) is 6.92 Å². The Morgan fingerprint density at radius 3 is 2.45 bits per heavy atom. The Labute approximate surface area is 126 Å². The highest BCUT2D eigenvalue weighted by Crippen LogP contribution is 2.09. The summed E-state index contributed by atoms with van der Waals surface area (Å²) in [6.45, 7) is 2.02. The van der Waals surface area contributed by atoms with E-state index in [9.17, 15) is 4.79 Å². The minimum atomic E-state index is -0.123. The first-order valence-electron chi connectivity index (χ1n) is 6.26. The molecule has 0 atom stereocenters. The number of benzene rings is 2. The number of hydrogen-bond donors (Lipinski definition) is 1. The minimum absolute atomic E-state index is 0.123. The zero-order chi connectivity index (χ0) is 14.4. The number of nitrogens with one attached hydrogen (secondary N) is 1. The van der Waals surface area contributed by atoms with Gasteiger partial charge in [-0.2, -0.15) is 5.10 Å². The maximum atomic E-state index is 11.7. The lowest BCUT2D eigenvalue weighted by molar-refractivity contribution is -0.120. The summed E-state index contributed by atoms with van der Waals surface area (Å²) in [5.41, 5.74) is 5.62. The first-order valence-corrected chi connectivity index (χ1v) is 7.06. The van der Waals surface area contributed by atoms with Crippen LogP contribution >= 0.6 is 15.9 Å². The fourth-order valence-electron chi connectivity index (χ4n) is 1.66. The number of halogens is 1. The van der Waals surface area contributed by atoms with Gasteiger partial charge in [0.25, 0.3) is 0 Å². The predicted octanol–water partition coefficient (Wildman–Crippen LogP) is 3.45. The molecule has 20 heavy (non-hydrogen) atoms. The Hall–Kier alpha value is -1.94. The molecule has 0 aliphatic heterocycles. The molecule has 0 saturated heterocycles. The second-order valence-electron chi connectivity index (χ2n) is 4.51. The molecule has 1 N–H and O–H groups in total. The third kappa shape index (κ3) is 4.63. The van der Waals surface area contributed by atoms with Crippen molar-refractivity contribution in [3.63, 3.8) is 0 Å².